The van der Waals surface area contributed by atoms with Crippen molar-refractivity contribution in [1.82, 2.24) is 4.98 Å². The highest BCUT2D eigenvalue weighted by molar-refractivity contribution is 5.98. The molecule has 12 heteroatoms. The second kappa shape index (κ2) is 12.4. The lowest BCUT2D eigenvalue weighted by Gasteiger charge is -2.54. The molecule has 2 N–H and O–H groups in total. The average Bonchev–Trinajstić information content (AvgIpc) is 3.48. The molecule has 4 aliphatic rings. The van der Waals surface area contributed by atoms with Gasteiger partial charge in [-0.25, -0.2) is 9.59 Å². The molecule has 0 bridgehead atoms. The van der Waals surface area contributed by atoms with Crippen molar-refractivity contribution < 1.29 is 53.1 Å². The molecule has 12 nitrogen and oxygen atoms in total. The minimum absolute atomic E-state index is 0.00727. The predicted octanol–water partition coefficient (Wildman–Crippen LogP) is 3.37. The van der Waals surface area contributed by atoms with Crippen LogP contribution >= 0.6 is 0 Å². The molecule has 4 aliphatic carbocycles. The first kappa shape index (κ1) is 35.7. The fraction of sp³-hybridized carbons (Fsp3) is 0.667. The molecule has 0 unspecified atom stereocenters. The van der Waals surface area contributed by atoms with Crippen LogP contribution in [0.15, 0.2) is 36.2 Å². The van der Waals surface area contributed by atoms with E-state index in [4.69, 9.17) is 18.9 Å². The monoisotopic (exact) mass is 669 g/mol. The smallest absolute Gasteiger partial charge is 0.339 e. The maximum atomic E-state index is 15.1. The predicted molar refractivity (Wildman–Crippen MR) is 169 cm³/mol. The van der Waals surface area contributed by atoms with E-state index in [0.717, 1.165) is 6.92 Å². The van der Waals surface area contributed by atoms with Crippen LogP contribution in [0.25, 0.3) is 0 Å². The molecular formula is C36H47NO11. The zero-order chi connectivity index (χ0) is 35.6. The molecule has 0 aromatic carbocycles. The van der Waals surface area contributed by atoms with E-state index >= 15 is 4.79 Å². The number of aliphatic hydroxyl groups is 2. The van der Waals surface area contributed by atoms with Crippen molar-refractivity contribution in [1.29, 1.82) is 0 Å². The number of aromatic nitrogens is 1. The number of pyridine rings is 1. The van der Waals surface area contributed by atoms with Gasteiger partial charge in [0.2, 0.25) is 5.78 Å². The lowest BCUT2D eigenvalue weighted by Crippen LogP contribution is -2.66. The van der Waals surface area contributed by atoms with E-state index in [1.54, 1.807) is 26.8 Å². The Kier molecular flexibility index (Phi) is 9.18. The third kappa shape index (κ3) is 5.35. The van der Waals surface area contributed by atoms with Gasteiger partial charge in [0, 0.05) is 37.2 Å². The number of ether oxygens (including phenoxy) is 4. The van der Waals surface area contributed by atoms with E-state index in [2.05, 4.69) is 4.98 Å². The minimum atomic E-state index is -2.34. The summed E-state index contributed by atoms with van der Waals surface area (Å²) in [5.74, 6) is -7.53. The van der Waals surface area contributed by atoms with Gasteiger partial charge < -0.3 is 29.2 Å². The molecular weight excluding hydrogens is 622 g/mol. The average molecular weight is 670 g/mol. The topological polar surface area (TPSA) is 176 Å². The van der Waals surface area contributed by atoms with Crippen LogP contribution in [0.5, 0.6) is 0 Å². The molecule has 0 saturated heterocycles. The fourth-order valence-electron chi connectivity index (χ4n) is 9.43. The van der Waals surface area contributed by atoms with Gasteiger partial charge in [0.15, 0.2) is 5.60 Å². The summed E-state index contributed by atoms with van der Waals surface area (Å²) in [6, 6.07) is 3.07. The Morgan fingerprint density at radius 2 is 1.79 bits per heavy atom. The Morgan fingerprint density at radius 3 is 2.38 bits per heavy atom. The number of hydrogen-bond donors (Lipinski definition) is 2. The zero-order valence-corrected chi connectivity index (χ0v) is 28.8. The first-order chi connectivity index (χ1) is 22.4. The van der Waals surface area contributed by atoms with Crippen LogP contribution in [0, 0.1) is 40.4 Å². The van der Waals surface area contributed by atoms with Gasteiger partial charge in [0.05, 0.1) is 23.0 Å². The lowest BCUT2D eigenvalue weighted by atomic mass is 9.55. The number of carbonyl (C=O) groups excluding carboxylic acids is 5. The van der Waals surface area contributed by atoms with Gasteiger partial charge in [-0.05, 0) is 68.9 Å². The molecule has 11 atom stereocenters. The highest BCUT2D eigenvalue weighted by Gasteiger charge is 2.83. The first-order valence-corrected chi connectivity index (χ1v) is 16.7. The molecule has 0 aliphatic heterocycles. The van der Waals surface area contributed by atoms with E-state index in [1.807, 2.05) is 13.8 Å². The van der Waals surface area contributed by atoms with Crippen LogP contribution < -0.4 is 0 Å². The van der Waals surface area contributed by atoms with Gasteiger partial charge in [0.25, 0.3) is 0 Å². The second-order valence-corrected chi connectivity index (χ2v) is 14.9. The maximum Gasteiger partial charge on any atom is 0.339 e. The number of fused-ring (bicyclic) bond motifs is 4. The highest BCUT2D eigenvalue weighted by atomic mass is 16.6. The van der Waals surface area contributed by atoms with Crippen molar-refractivity contribution in [2.45, 2.75) is 104 Å². The van der Waals surface area contributed by atoms with Crippen LogP contribution in [-0.2, 0) is 38.1 Å². The third-order valence-corrected chi connectivity index (χ3v) is 11.8. The Bertz CT molecular complexity index is 1520. The molecule has 1 heterocycles. The molecule has 1 aromatic rings. The SMILES string of the molecule is C/C=C(\C)C(=O)O[C@@H]1[C@H]2[C@@H](OC(=O)CC)[C@@H](C)C[C@]2(O)C(=O)[C@@](C)(OC(C)=O)[C@@H]2[C@@H]3[C@H](C[C@@H](O)[C@@]12COC(=O)c1cccnc1)C3(C)C. The number of ketones is 1. The van der Waals surface area contributed by atoms with Crippen molar-refractivity contribution in [3.05, 3.63) is 41.7 Å². The quantitative estimate of drug-likeness (QED) is 0.235. The molecule has 1 aromatic heterocycles. The summed E-state index contributed by atoms with van der Waals surface area (Å²) < 4.78 is 24.2. The number of rotatable bonds is 8. The van der Waals surface area contributed by atoms with Gasteiger partial charge in [-0.1, -0.05) is 33.8 Å². The number of nitrogens with zero attached hydrogens (tertiary/aromatic N) is 1. The fourth-order valence-corrected chi connectivity index (χ4v) is 9.43. The Balaban J connectivity index is 1.83. The number of carbonyl (C=O) groups is 5. The van der Waals surface area contributed by atoms with Crippen molar-refractivity contribution in [2.24, 2.45) is 40.4 Å². The van der Waals surface area contributed by atoms with Crippen LogP contribution in [0.3, 0.4) is 0 Å². The first-order valence-electron chi connectivity index (χ1n) is 16.7. The largest absolute Gasteiger partial charge is 0.462 e. The minimum Gasteiger partial charge on any atom is -0.462 e. The Hall–Kier alpha value is -3.64. The highest BCUT2D eigenvalue weighted by Crippen LogP contribution is 2.75. The second-order valence-electron chi connectivity index (χ2n) is 14.9. The molecule has 48 heavy (non-hydrogen) atoms. The number of esters is 4. The van der Waals surface area contributed by atoms with E-state index in [-0.39, 0.29) is 36.3 Å². The number of allylic oxidation sites excluding steroid dienone is 1. The Labute approximate surface area is 280 Å². The summed E-state index contributed by atoms with van der Waals surface area (Å²) in [6.45, 7) is 12.4. The Morgan fingerprint density at radius 1 is 1.10 bits per heavy atom. The van der Waals surface area contributed by atoms with Crippen molar-refractivity contribution in [3.63, 3.8) is 0 Å². The third-order valence-electron chi connectivity index (χ3n) is 11.8. The van der Waals surface area contributed by atoms with Crippen LogP contribution in [-0.4, -0.2) is 81.0 Å². The molecule has 0 radical (unpaired) electrons. The molecule has 262 valence electrons. The zero-order valence-electron chi connectivity index (χ0n) is 28.8. The maximum absolute atomic E-state index is 15.1. The summed E-state index contributed by atoms with van der Waals surface area (Å²) in [5.41, 5.74) is -6.42. The van der Waals surface area contributed by atoms with Crippen molar-refractivity contribution >= 4 is 29.7 Å². The van der Waals surface area contributed by atoms with E-state index in [1.165, 1.54) is 38.4 Å². The number of aliphatic hydroxyl groups excluding tert-OH is 1. The lowest BCUT2D eigenvalue weighted by molar-refractivity contribution is -0.229. The molecule has 5 rings (SSSR count). The summed E-state index contributed by atoms with van der Waals surface area (Å²) in [4.78, 5) is 72.1. The van der Waals surface area contributed by atoms with Crippen LogP contribution in [0.2, 0.25) is 0 Å². The van der Waals surface area contributed by atoms with Crippen molar-refractivity contribution in [3.8, 4) is 0 Å². The molecule has 0 spiro atoms. The summed E-state index contributed by atoms with van der Waals surface area (Å²) in [7, 11) is 0. The van der Waals surface area contributed by atoms with Gasteiger partial charge in [-0.3, -0.25) is 19.4 Å². The standard InChI is InChI=1S/C36H47NO11/c1-9-18(3)30(41)47-29-26-27(46-24(40)10-2)19(4)15-36(26,44)32(43)34(8,48-20(5)38)28-25-22(33(25,6)7)14-23(39)35(28,29)17-45-31(42)21-12-11-13-37-16-21/h9,11-13,16,19,22-23,25-29,39,44H,10,14-15,17H2,1-8H3/b18-9+/t19-,22-,23+,25-,26+,27-,28-,29+,34-,35+,36+/m0/s1. The van der Waals surface area contributed by atoms with Gasteiger partial charge in [0.1, 0.15) is 24.4 Å². The van der Waals surface area contributed by atoms with Gasteiger partial charge >= 0.3 is 23.9 Å². The van der Waals surface area contributed by atoms with Crippen LogP contribution in [0.4, 0.5) is 0 Å². The number of Topliss-reactive ketones (excluding diaryl/α,β-unsaturated/α-hetero) is 1. The van der Waals surface area contributed by atoms with E-state index < -0.39 is 100 Å². The summed E-state index contributed by atoms with van der Waals surface area (Å²) >= 11 is 0. The van der Waals surface area contributed by atoms with Crippen LogP contribution in [0.1, 0.15) is 85.0 Å². The van der Waals surface area contributed by atoms with Gasteiger partial charge in [-0.15, -0.1) is 0 Å². The van der Waals surface area contributed by atoms with E-state index in [9.17, 15) is 29.4 Å². The summed E-state index contributed by atoms with van der Waals surface area (Å²) in [5, 5.41) is 25.2. The summed E-state index contributed by atoms with van der Waals surface area (Å²) in [6.07, 6.45) is 0.215. The molecule has 4 saturated carbocycles. The number of hydrogen-bond acceptors (Lipinski definition) is 12. The van der Waals surface area contributed by atoms with E-state index in [0.29, 0.717) is 0 Å². The molecule has 0 amide bonds. The van der Waals surface area contributed by atoms with Gasteiger partial charge in [-0.2, -0.15) is 0 Å². The van der Waals surface area contributed by atoms with Crippen molar-refractivity contribution in [2.75, 3.05) is 6.61 Å². The normalized spacial score (nSPS) is 39.5. The molecule has 4 fully saturated rings.